The number of aromatic nitrogens is 2. The minimum Gasteiger partial charge on any atom is -0.434 e. The summed E-state index contributed by atoms with van der Waals surface area (Å²) >= 11 is 6.02. The molecule has 1 aliphatic heterocycles. The van der Waals surface area contributed by atoms with E-state index in [1.165, 1.54) is 17.7 Å². The highest BCUT2D eigenvalue weighted by molar-refractivity contribution is 6.30. The standard InChI is InChI=1S/C19H24ClF2N5O/c1-3-23-19(27-7-6-13(12-27)15-10-25-26(2)11-15)24-9-14-8-16(20)4-5-17(14)28-18(21)22/h4-5,8,10-11,13,18H,3,6-7,9,12H2,1-2H3,(H,23,24). The Morgan fingerprint density at radius 3 is 2.96 bits per heavy atom. The maximum Gasteiger partial charge on any atom is 0.387 e. The van der Waals surface area contributed by atoms with Gasteiger partial charge in [0, 0.05) is 49.4 Å². The number of aryl methyl sites for hydroxylation is 1. The predicted octanol–water partition coefficient (Wildman–Crippen LogP) is 3.63. The Kier molecular flexibility index (Phi) is 6.72. The maximum atomic E-state index is 12.7. The number of nitrogens with zero attached hydrogens (tertiary/aromatic N) is 4. The van der Waals surface area contributed by atoms with E-state index < -0.39 is 6.61 Å². The molecule has 0 saturated carbocycles. The van der Waals surface area contributed by atoms with Crippen molar-refractivity contribution in [2.75, 3.05) is 19.6 Å². The highest BCUT2D eigenvalue weighted by Gasteiger charge is 2.27. The summed E-state index contributed by atoms with van der Waals surface area (Å²) in [6, 6.07) is 4.58. The average Bonchev–Trinajstić information content (AvgIpc) is 3.29. The molecular weight excluding hydrogens is 388 g/mol. The predicted molar refractivity (Wildman–Crippen MR) is 105 cm³/mol. The van der Waals surface area contributed by atoms with Gasteiger partial charge in [0.25, 0.3) is 0 Å². The van der Waals surface area contributed by atoms with Crippen LogP contribution < -0.4 is 10.1 Å². The third kappa shape index (κ3) is 5.13. The van der Waals surface area contributed by atoms with E-state index >= 15 is 0 Å². The van der Waals surface area contributed by atoms with Gasteiger partial charge in [0.15, 0.2) is 5.96 Å². The Balaban J connectivity index is 1.74. The zero-order valence-corrected chi connectivity index (χ0v) is 16.7. The lowest BCUT2D eigenvalue weighted by molar-refractivity contribution is -0.0504. The van der Waals surface area contributed by atoms with E-state index in [4.69, 9.17) is 11.6 Å². The molecule has 1 unspecified atom stereocenters. The molecule has 6 nitrogen and oxygen atoms in total. The first-order valence-electron chi connectivity index (χ1n) is 9.21. The topological polar surface area (TPSA) is 54.7 Å². The van der Waals surface area contributed by atoms with Crippen LogP contribution >= 0.6 is 11.6 Å². The SMILES string of the molecule is CCNC(=NCc1cc(Cl)ccc1OC(F)F)N1CCC(c2cnn(C)c2)C1. The zero-order chi connectivity index (χ0) is 20.1. The monoisotopic (exact) mass is 411 g/mol. The molecule has 1 aromatic carbocycles. The molecule has 1 N–H and O–H groups in total. The Hall–Kier alpha value is -2.35. The van der Waals surface area contributed by atoms with Crippen LogP contribution in [-0.2, 0) is 13.6 Å². The van der Waals surface area contributed by atoms with Crippen molar-refractivity contribution >= 4 is 17.6 Å². The second kappa shape index (κ2) is 9.23. The summed E-state index contributed by atoms with van der Waals surface area (Å²) in [6.45, 7) is 1.70. The van der Waals surface area contributed by atoms with Crippen molar-refractivity contribution in [2.45, 2.75) is 32.4 Å². The van der Waals surface area contributed by atoms with Gasteiger partial charge in [-0.3, -0.25) is 4.68 Å². The van der Waals surface area contributed by atoms with Gasteiger partial charge in [-0.1, -0.05) is 11.6 Å². The van der Waals surface area contributed by atoms with E-state index in [-0.39, 0.29) is 12.3 Å². The molecule has 1 aromatic heterocycles. The molecule has 28 heavy (non-hydrogen) atoms. The summed E-state index contributed by atoms with van der Waals surface area (Å²) in [5.41, 5.74) is 1.73. The second-order valence-electron chi connectivity index (χ2n) is 6.68. The van der Waals surface area contributed by atoms with Crippen LogP contribution in [0.5, 0.6) is 5.75 Å². The van der Waals surface area contributed by atoms with Crippen LogP contribution in [0.4, 0.5) is 8.78 Å². The average molecular weight is 412 g/mol. The van der Waals surface area contributed by atoms with Crippen molar-refractivity contribution in [1.29, 1.82) is 0 Å². The lowest BCUT2D eigenvalue weighted by Gasteiger charge is -2.22. The minimum absolute atomic E-state index is 0.0913. The van der Waals surface area contributed by atoms with Gasteiger partial charge < -0.3 is 15.0 Å². The second-order valence-corrected chi connectivity index (χ2v) is 7.12. The van der Waals surface area contributed by atoms with E-state index in [0.717, 1.165) is 25.5 Å². The molecule has 0 radical (unpaired) electrons. The van der Waals surface area contributed by atoms with E-state index in [9.17, 15) is 8.78 Å². The number of hydrogen-bond acceptors (Lipinski definition) is 3. The fourth-order valence-electron chi connectivity index (χ4n) is 3.34. The Morgan fingerprint density at radius 2 is 2.29 bits per heavy atom. The number of hydrogen-bond donors (Lipinski definition) is 1. The van der Waals surface area contributed by atoms with Crippen LogP contribution in [0.25, 0.3) is 0 Å². The number of benzene rings is 1. The first-order valence-corrected chi connectivity index (χ1v) is 9.59. The van der Waals surface area contributed by atoms with Gasteiger partial charge in [0.2, 0.25) is 0 Å². The van der Waals surface area contributed by atoms with Gasteiger partial charge in [0.1, 0.15) is 5.75 Å². The van der Waals surface area contributed by atoms with Crippen molar-refractivity contribution in [3.05, 3.63) is 46.7 Å². The Bertz CT molecular complexity index is 826. The van der Waals surface area contributed by atoms with Crippen LogP contribution in [0.2, 0.25) is 5.02 Å². The van der Waals surface area contributed by atoms with E-state index in [1.807, 2.05) is 26.4 Å². The van der Waals surface area contributed by atoms with Gasteiger partial charge in [-0.15, -0.1) is 0 Å². The third-order valence-corrected chi connectivity index (χ3v) is 4.89. The van der Waals surface area contributed by atoms with Gasteiger partial charge in [-0.2, -0.15) is 13.9 Å². The molecule has 2 aromatic rings. The summed E-state index contributed by atoms with van der Waals surface area (Å²) in [6.07, 6.45) is 4.95. The molecule has 1 atom stereocenters. The van der Waals surface area contributed by atoms with Gasteiger partial charge in [-0.25, -0.2) is 4.99 Å². The van der Waals surface area contributed by atoms with Crippen LogP contribution in [0.3, 0.4) is 0 Å². The van der Waals surface area contributed by atoms with Crippen LogP contribution in [0.15, 0.2) is 35.6 Å². The van der Waals surface area contributed by atoms with Crippen LogP contribution in [-0.4, -0.2) is 46.9 Å². The van der Waals surface area contributed by atoms with Gasteiger partial charge in [0.05, 0.1) is 12.7 Å². The molecule has 1 saturated heterocycles. The normalized spacial score (nSPS) is 17.4. The molecule has 2 heterocycles. The third-order valence-electron chi connectivity index (χ3n) is 4.66. The quantitative estimate of drug-likeness (QED) is 0.582. The van der Waals surface area contributed by atoms with Crippen molar-refractivity contribution < 1.29 is 13.5 Å². The zero-order valence-electron chi connectivity index (χ0n) is 15.9. The molecule has 1 aliphatic rings. The fraction of sp³-hybridized carbons (Fsp3) is 0.474. The molecule has 1 fully saturated rings. The summed E-state index contributed by atoms with van der Waals surface area (Å²) in [4.78, 5) is 6.82. The number of ether oxygens (including phenoxy) is 1. The maximum absolute atomic E-state index is 12.7. The largest absolute Gasteiger partial charge is 0.434 e. The van der Waals surface area contributed by atoms with Gasteiger partial charge in [-0.05, 0) is 37.1 Å². The highest BCUT2D eigenvalue weighted by Crippen LogP contribution is 2.28. The Morgan fingerprint density at radius 1 is 1.46 bits per heavy atom. The summed E-state index contributed by atoms with van der Waals surface area (Å²) < 4.78 is 31.7. The fourth-order valence-corrected chi connectivity index (χ4v) is 3.54. The number of halogens is 3. The summed E-state index contributed by atoms with van der Waals surface area (Å²) in [7, 11) is 1.91. The molecule has 152 valence electrons. The molecule has 9 heteroatoms. The van der Waals surface area contributed by atoms with E-state index in [0.29, 0.717) is 23.0 Å². The van der Waals surface area contributed by atoms with Crippen LogP contribution in [0, 0.1) is 0 Å². The van der Waals surface area contributed by atoms with Gasteiger partial charge >= 0.3 is 6.61 Å². The lowest BCUT2D eigenvalue weighted by Crippen LogP contribution is -2.40. The molecular formula is C19H24ClF2N5O. The van der Waals surface area contributed by atoms with Crippen LogP contribution in [0.1, 0.15) is 30.4 Å². The van der Waals surface area contributed by atoms with Crippen molar-refractivity contribution in [3.8, 4) is 5.75 Å². The summed E-state index contributed by atoms with van der Waals surface area (Å²) in [5, 5.41) is 7.98. The van der Waals surface area contributed by atoms with E-state index in [2.05, 4.69) is 25.0 Å². The highest BCUT2D eigenvalue weighted by atomic mass is 35.5. The number of aliphatic imine (C=N–C) groups is 1. The molecule has 0 aliphatic carbocycles. The smallest absolute Gasteiger partial charge is 0.387 e. The first kappa shape index (κ1) is 20.4. The first-order chi connectivity index (χ1) is 13.5. The number of alkyl halides is 2. The van der Waals surface area contributed by atoms with E-state index in [1.54, 1.807) is 10.7 Å². The number of guanidine groups is 1. The molecule has 0 amide bonds. The molecule has 0 spiro atoms. The molecule has 3 rings (SSSR count). The number of rotatable bonds is 6. The van der Waals surface area contributed by atoms with Crippen molar-refractivity contribution in [3.63, 3.8) is 0 Å². The number of likely N-dealkylation sites (tertiary alicyclic amines) is 1. The molecule has 0 bridgehead atoms. The van der Waals surface area contributed by atoms with Crippen molar-refractivity contribution in [1.82, 2.24) is 20.0 Å². The number of nitrogens with one attached hydrogen (secondary N) is 1. The van der Waals surface area contributed by atoms with Crippen molar-refractivity contribution in [2.24, 2.45) is 12.0 Å². The lowest BCUT2D eigenvalue weighted by atomic mass is 10.0. The Labute approximate surface area is 168 Å². The summed E-state index contributed by atoms with van der Waals surface area (Å²) in [5.74, 6) is 1.23. The minimum atomic E-state index is -2.89.